The van der Waals surface area contributed by atoms with Crippen molar-refractivity contribution < 1.29 is 31.1 Å². The van der Waals surface area contributed by atoms with Crippen LogP contribution in [0.2, 0.25) is 0 Å². The van der Waals surface area contributed by atoms with E-state index in [1.54, 1.807) is 54.6 Å². The first kappa shape index (κ1) is 27.8. The number of nitrogens with one attached hydrogen (secondary N) is 1. The summed E-state index contributed by atoms with van der Waals surface area (Å²) >= 11 is 0. The quantitative estimate of drug-likeness (QED) is 0.332. The van der Waals surface area contributed by atoms with E-state index in [0.717, 1.165) is 10.9 Å². The van der Waals surface area contributed by atoms with Crippen molar-refractivity contribution in [1.29, 1.82) is 0 Å². The number of halogens is 3. The van der Waals surface area contributed by atoms with E-state index in [0.29, 0.717) is 22.5 Å². The Morgan fingerprint density at radius 2 is 1.51 bits per heavy atom. The lowest BCUT2D eigenvalue weighted by molar-refractivity contribution is -0.173. The van der Waals surface area contributed by atoms with Crippen molar-refractivity contribution in [3.63, 3.8) is 0 Å². The van der Waals surface area contributed by atoms with Gasteiger partial charge in [0.05, 0.1) is 17.5 Å². The number of amides is 1. The number of methoxy groups -OCH3 is 1. The van der Waals surface area contributed by atoms with Crippen LogP contribution in [0, 0.1) is 0 Å². The van der Waals surface area contributed by atoms with E-state index < -0.39 is 22.1 Å². The number of ether oxygens (including phenoxy) is 1. The second-order valence-electron chi connectivity index (χ2n) is 7.81. The molecule has 0 aliphatic rings. The Balaban J connectivity index is 0.00000186. The lowest BCUT2D eigenvalue weighted by atomic mass is 10.1. The molecule has 0 radical (unpaired) electrons. The molecule has 0 saturated heterocycles. The summed E-state index contributed by atoms with van der Waals surface area (Å²) in [6, 6.07) is 21.6. The molecule has 0 bridgehead atoms. The Kier molecular flexibility index (Phi) is 8.65. The summed E-state index contributed by atoms with van der Waals surface area (Å²) in [5.74, 6) is -1.47. The number of nitrogens with zero attached hydrogens (tertiary/aromatic N) is 1. The molecule has 1 aromatic heterocycles. The molecule has 0 saturated carbocycles. The van der Waals surface area contributed by atoms with Crippen LogP contribution in [-0.4, -0.2) is 31.6 Å². The van der Waals surface area contributed by atoms with E-state index in [-0.39, 0.29) is 17.9 Å². The highest BCUT2D eigenvalue weighted by molar-refractivity contribution is 7.90. The van der Waals surface area contributed by atoms with E-state index in [2.05, 4.69) is 0 Å². The van der Waals surface area contributed by atoms with Gasteiger partial charge in [-0.2, -0.15) is 13.2 Å². The van der Waals surface area contributed by atoms with Gasteiger partial charge in [0.25, 0.3) is 10.0 Å². The Labute approximate surface area is 213 Å². The van der Waals surface area contributed by atoms with Crippen molar-refractivity contribution >= 4 is 26.8 Å². The molecule has 0 fully saturated rings. The molecule has 0 atom stereocenters. The van der Waals surface area contributed by atoms with Gasteiger partial charge in [-0.3, -0.25) is 4.79 Å². The van der Waals surface area contributed by atoms with E-state index in [1.165, 1.54) is 23.2 Å². The van der Waals surface area contributed by atoms with Crippen LogP contribution in [0.5, 0.6) is 5.75 Å². The van der Waals surface area contributed by atoms with E-state index in [9.17, 15) is 26.4 Å². The predicted molar refractivity (Wildman–Crippen MR) is 136 cm³/mol. The Morgan fingerprint density at radius 1 is 0.919 bits per heavy atom. The lowest BCUT2D eigenvalue weighted by Gasteiger charge is -2.13. The molecule has 1 amide bonds. The summed E-state index contributed by atoms with van der Waals surface area (Å²) in [6.07, 6.45) is -4.68. The topological polar surface area (TPSA) is 77.4 Å². The number of para-hydroxylation sites is 1. The van der Waals surface area contributed by atoms with Gasteiger partial charge in [-0.15, -0.1) is 0 Å². The fourth-order valence-electron chi connectivity index (χ4n) is 3.71. The summed E-state index contributed by atoms with van der Waals surface area (Å²) in [5, 5.41) is 2.58. The van der Waals surface area contributed by atoms with Crippen LogP contribution in [-0.2, 0) is 27.8 Å². The average Bonchev–Trinajstić information content (AvgIpc) is 3.27. The molecule has 10 heteroatoms. The summed E-state index contributed by atoms with van der Waals surface area (Å²) in [4.78, 5) is 11.1. The van der Waals surface area contributed by atoms with Crippen LogP contribution >= 0.6 is 0 Å². The first-order valence-electron chi connectivity index (χ1n) is 11.5. The average molecular weight is 533 g/mol. The van der Waals surface area contributed by atoms with Gasteiger partial charge in [-0.25, -0.2) is 12.4 Å². The SMILES string of the molecule is CC.COc1ccc(S(=O)(=O)n2c(Cc3ccc(CNC(=O)C(F)(F)F)cc3)cc3ccccc32)cc1. The molecule has 0 aliphatic heterocycles. The molecular weight excluding hydrogens is 505 g/mol. The van der Waals surface area contributed by atoms with Gasteiger partial charge >= 0.3 is 12.1 Å². The number of alkyl halides is 3. The minimum absolute atomic E-state index is 0.108. The molecule has 0 spiro atoms. The molecular formula is C27H27F3N2O4S. The molecule has 37 heavy (non-hydrogen) atoms. The maximum absolute atomic E-state index is 13.6. The summed E-state index contributed by atoms with van der Waals surface area (Å²) in [7, 11) is -2.43. The molecule has 1 N–H and O–H groups in total. The van der Waals surface area contributed by atoms with Gasteiger partial charge < -0.3 is 10.1 Å². The van der Waals surface area contributed by atoms with Crippen molar-refractivity contribution in [2.45, 2.75) is 37.9 Å². The number of fused-ring (bicyclic) bond motifs is 1. The number of benzene rings is 3. The van der Waals surface area contributed by atoms with Gasteiger partial charge in [0, 0.05) is 24.0 Å². The zero-order valence-corrected chi connectivity index (χ0v) is 21.4. The molecule has 4 rings (SSSR count). The van der Waals surface area contributed by atoms with E-state index in [1.807, 2.05) is 31.3 Å². The maximum Gasteiger partial charge on any atom is 0.471 e. The molecule has 6 nitrogen and oxygen atoms in total. The monoisotopic (exact) mass is 532 g/mol. The highest BCUT2D eigenvalue weighted by atomic mass is 32.2. The first-order valence-corrected chi connectivity index (χ1v) is 13.0. The van der Waals surface area contributed by atoms with Crippen LogP contribution in [0.25, 0.3) is 10.9 Å². The molecule has 0 unspecified atom stereocenters. The summed E-state index contributed by atoms with van der Waals surface area (Å²) in [6.45, 7) is 3.73. The third-order valence-electron chi connectivity index (χ3n) is 5.45. The van der Waals surface area contributed by atoms with Crippen LogP contribution in [0.1, 0.15) is 30.7 Å². The predicted octanol–water partition coefficient (Wildman–Crippen LogP) is 5.68. The van der Waals surface area contributed by atoms with Gasteiger partial charge in [0.1, 0.15) is 5.75 Å². The summed E-state index contributed by atoms with van der Waals surface area (Å²) < 4.78 is 70.7. The van der Waals surface area contributed by atoms with Crippen LogP contribution in [0.3, 0.4) is 0 Å². The Hall–Kier alpha value is -3.79. The van der Waals surface area contributed by atoms with Crippen LogP contribution < -0.4 is 10.1 Å². The minimum atomic E-state index is -4.94. The number of hydrogen-bond acceptors (Lipinski definition) is 4. The maximum atomic E-state index is 13.6. The number of rotatable bonds is 7. The van der Waals surface area contributed by atoms with Gasteiger partial charge in [-0.05, 0) is 47.5 Å². The number of aromatic nitrogens is 1. The second-order valence-corrected chi connectivity index (χ2v) is 9.60. The molecule has 1 heterocycles. The molecule has 4 aromatic rings. The highest BCUT2D eigenvalue weighted by Gasteiger charge is 2.38. The molecule has 0 aliphatic carbocycles. The number of carbonyl (C=O) groups is 1. The standard InChI is InChI=1S/C25H21F3N2O4S.C2H6/c1-34-21-10-12-22(13-11-21)35(32,33)30-20(15-19-4-2-3-5-23(19)30)14-17-6-8-18(9-7-17)16-29-24(31)25(26,27)28;1-2/h2-13,15H,14,16H2,1H3,(H,29,31);1-2H3. The van der Waals surface area contributed by atoms with Gasteiger partial charge in [0.15, 0.2) is 0 Å². The lowest BCUT2D eigenvalue weighted by Crippen LogP contribution is -2.36. The van der Waals surface area contributed by atoms with Crippen LogP contribution in [0.15, 0.2) is 83.8 Å². The fourth-order valence-corrected chi connectivity index (χ4v) is 5.26. The zero-order valence-electron chi connectivity index (χ0n) is 20.5. The van der Waals surface area contributed by atoms with Crippen molar-refractivity contribution in [2.24, 2.45) is 0 Å². The summed E-state index contributed by atoms with van der Waals surface area (Å²) in [5.41, 5.74) is 2.30. The van der Waals surface area contributed by atoms with Crippen molar-refractivity contribution in [1.82, 2.24) is 9.29 Å². The van der Waals surface area contributed by atoms with E-state index in [4.69, 9.17) is 4.74 Å². The highest BCUT2D eigenvalue weighted by Crippen LogP contribution is 2.28. The van der Waals surface area contributed by atoms with Crippen molar-refractivity contribution in [3.8, 4) is 5.75 Å². The molecule has 196 valence electrons. The van der Waals surface area contributed by atoms with Crippen molar-refractivity contribution in [3.05, 3.63) is 95.7 Å². The molecule has 3 aromatic carbocycles. The largest absolute Gasteiger partial charge is 0.497 e. The van der Waals surface area contributed by atoms with Gasteiger partial charge in [0.2, 0.25) is 0 Å². The minimum Gasteiger partial charge on any atom is -0.497 e. The third kappa shape index (κ3) is 6.32. The van der Waals surface area contributed by atoms with Crippen LogP contribution in [0.4, 0.5) is 13.2 Å². The third-order valence-corrected chi connectivity index (χ3v) is 7.23. The van der Waals surface area contributed by atoms with Gasteiger partial charge in [-0.1, -0.05) is 56.3 Å². The Bertz CT molecular complexity index is 1460. The van der Waals surface area contributed by atoms with Crippen molar-refractivity contribution in [2.75, 3.05) is 7.11 Å². The normalized spacial score (nSPS) is 11.5. The number of carbonyl (C=O) groups excluding carboxylic acids is 1. The zero-order chi connectivity index (χ0) is 27.2. The Morgan fingerprint density at radius 3 is 2.11 bits per heavy atom. The smallest absolute Gasteiger partial charge is 0.471 e. The number of hydrogen-bond donors (Lipinski definition) is 1. The second kappa shape index (κ2) is 11.5. The first-order chi connectivity index (χ1) is 17.6. The van der Waals surface area contributed by atoms with E-state index >= 15 is 0 Å². The fraction of sp³-hybridized carbons (Fsp3) is 0.222.